The fraction of sp³-hybridized carbons (Fsp3) is 0.467. The van der Waals surface area contributed by atoms with Crippen LogP contribution in [0, 0.1) is 24.7 Å². The van der Waals surface area contributed by atoms with Crippen LogP contribution < -0.4 is 10.2 Å². The lowest BCUT2D eigenvalue weighted by Crippen LogP contribution is -2.35. The molecule has 1 aliphatic heterocycles. The molecule has 0 spiro atoms. The molecule has 1 N–H and O–H groups in total. The highest BCUT2D eigenvalue weighted by Crippen LogP contribution is 2.64. The monoisotopic (exact) mass is 518 g/mol. The van der Waals surface area contributed by atoms with Gasteiger partial charge in [-0.25, -0.2) is 0 Å². The highest BCUT2D eigenvalue weighted by molar-refractivity contribution is 8.00. The van der Waals surface area contributed by atoms with Crippen molar-refractivity contribution in [2.75, 3.05) is 5.32 Å². The van der Waals surface area contributed by atoms with Crippen molar-refractivity contribution in [1.82, 2.24) is 4.57 Å². The van der Waals surface area contributed by atoms with E-state index in [-0.39, 0.29) is 28.7 Å². The van der Waals surface area contributed by atoms with Crippen LogP contribution in [-0.2, 0) is 16.8 Å². The molecule has 2 bridgehead atoms. The first kappa shape index (κ1) is 24.1. The normalized spacial score (nSPS) is 26.5. The molecule has 6 heteroatoms. The van der Waals surface area contributed by atoms with E-state index < -0.39 is 0 Å². The van der Waals surface area contributed by atoms with E-state index in [1.54, 1.807) is 4.57 Å². The van der Waals surface area contributed by atoms with Gasteiger partial charge < -0.3 is 5.32 Å². The Kier molecular flexibility index (Phi) is 5.95. The minimum atomic E-state index is -0.150. The van der Waals surface area contributed by atoms with Gasteiger partial charge in [0.25, 0.3) is 0 Å². The Balaban J connectivity index is 1.35. The Morgan fingerprint density at radius 3 is 2.42 bits per heavy atom. The lowest BCUT2D eigenvalue weighted by Gasteiger charge is -2.40. The molecule has 188 valence electrons. The summed E-state index contributed by atoms with van der Waals surface area (Å²) in [5, 5.41) is 4.54. The molecule has 3 aromatic rings. The number of fused-ring (bicyclic) bond motifs is 6. The average Bonchev–Trinajstić information content (AvgIpc) is 3.53. The quantitative estimate of drug-likeness (QED) is 0.413. The zero-order chi connectivity index (χ0) is 25.2. The number of anilines is 1. The molecule has 6 rings (SSSR count). The summed E-state index contributed by atoms with van der Waals surface area (Å²) in [5.74, 6) is 2.13. The van der Waals surface area contributed by atoms with E-state index in [9.17, 15) is 9.59 Å². The van der Waals surface area contributed by atoms with E-state index in [0.717, 1.165) is 28.1 Å². The molecular formula is C30H34N2O2S2. The van der Waals surface area contributed by atoms with Crippen molar-refractivity contribution < 1.29 is 4.79 Å². The number of carbonyl (C=O) groups excluding carboxylic acids is 1. The summed E-state index contributed by atoms with van der Waals surface area (Å²) in [4.78, 5) is 27.4. The maximum Gasteiger partial charge on any atom is 0.308 e. The van der Waals surface area contributed by atoms with Crippen LogP contribution in [0.4, 0.5) is 5.69 Å². The molecule has 5 unspecified atom stereocenters. The molecule has 2 aliphatic carbocycles. The van der Waals surface area contributed by atoms with E-state index in [1.807, 2.05) is 43.0 Å². The van der Waals surface area contributed by atoms with Gasteiger partial charge in [0.2, 0.25) is 5.91 Å². The molecule has 2 aromatic carbocycles. The van der Waals surface area contributed by atoms with Gasteiger partial charge in [0.15, 0.2) is 0 Å². The van der Waals surface area contributed by atoms with E-state index >= 15 is 0 Å². The third-order valence-electron chi connectivity index (χ3n) is 8.46. The van der Waals surface area contributed by atoms with Crippen LogP contribution in [-0.4, -0.2) is 15.7 Å². The summed E-state index contributed by atoms with van der Waals surface area (Å²) in [7, 11) is 0. The smallest absolute Gasteiger partial charge is 0.308 e. The Labute approximate surface area is 221 Å². The first-order chi connectivity index (χ1) is 17.2. The molecule has 2 saturated carbocycles. The molecule has 36 heavy (non-hydrogen) atoms. The third kappa shape index (κ3) is 4.16. The molecule has 0 saturated heterocycles. The van der Waals surface area contributed by atoms with Gasteiger partial charge in [-0.3, -0.25) is 14.2 Å². The lowest BCUT2D eigenvalue weighted by molar-refractivity contribution is -0.116. The number of hydrogen-bond donors (Lipinski definition) is 1. The van der Waals surface area contributed by atoms with E-state index in [2.05, 4.69) is 50.4 Å². The first-order valence-corrected chi connectivity index (χ1v) is 14.8. The van der Waals surface area contributed by atoms with Crippen molar-refractivity contribution in [2.45, 2.75) is 75.1 Å². The van der Waals surface area contributed by atoms with E-state index in [4.69, 9.17) is 0 Å². The minimum Gasteiger partial charge on any atom is -0.325 e. The number of thiazole rings is 1. The van der Waals surface area contributed by atoms with Crippen LogP contribution in [0.3, 0.4) is 0 Å². The number of nitrogens with zero attached hydrogens (tertiary/aromatic N) is 1. The van der Waals surface area contributed by atoms with Crippen LogP contribution in [0.1, 0.15) is 67.5 Å². The Hall–Kier alpha value is -2.31. The largest absolute Gasteiger partial charge is 0.325 e. The fourth-order valence-electron chi connectivity index (χ4n) is 6.63. The maximum absolute atomic E-state index is 13.3. The predicted molar refractivity (Wildman–Crippen MR) is 149 cm³/mol. The maximum atomic E-state index is 13.3. The lowest BCUT2D eigenvalue weighted by atomic mass is 9.74. The number of amides is 1. The Morgan fingerprint density at radius 2 is 1.72 bits per heavy atom. The van der Waals surface area contributed by atoms with Crippen molar-refractivity contribution >= 4 is 34.7 Å². The minimum absolute atomic E-state index is 0.0183. The molecule has 1 aromatic heterocycles. The summed E-state index contributed by atoms with van der Waals surface area (Å²) in [6, 6.07) is 16.9. The summed E-state index contributed by atoms with van der Waals surface area (Å²) in [6.45, 7) is 8.83. The van der Waals surface area contributed by atoms with Crippen molar-refractivity contribution in [2.24, 2.45) is 17.8 Å². The summed E-state index contributed by atoms with van der Waals surface area (Å²) in [5.41, 5.74) is 4.68. The number of thioether (sulfide) groups is 1. The standard InChI is InChI=1S/C30H34N2O2S2/c1-17-5-13-22(14-6-17)31-23(33)16-32-28-27(36-29(32)34)24(18-9-11-21(12-10-18)30(2,3)4)25-19-7-8-20(15-19)26(25)35-28/h5-6,9-14,19-20,24-26H,7-8,15-16H2,1-4H3,(H,31,33). The number of aromatic nitrogens is 1. The molecule has 3 aliphatic rings. The molecule has 4 nitrogen and oxygen atoms in total. The van der Waals surface area contributed by atoms with Crippen LogP contribution >= 0.6 is 23.1 Å². The van der Waals surface area contributed by atoms with Gasteiger partial charge in [-0.2, -0.15) is 0 Å². The highest BCUT2D eigenvalue weighted by Gasteiger charge is 2.55. The number of carbonyl (C=O) groups is 1. The second kappa shape index (κ2) is 8.91. The van der Waals surface area contributed by atoms with Gasteiger partial charge in [0.1, 0.15) is 6.54 Å². The predicted octanol–water partition coefficient (Wildman–Crippen LogP) is 6.81. The molecule has 0 radical (unpaired) electrons. The van der Waals surface area contributed by atoms with Gasteiger partial charge in [-0.05, 0) is 72.6 Å². The summed E-state index contributed by atoms with van der Waals surface area (Å²) >= 11 is 3.25. The summed E-state index contributed by atoms with van der Waals surface area (Å²) in [6.07, 6.45) is 3.92. The van der Waals surface area contributed by atoms with Crippen molar-refractivity contribution in [3.8, 4) is 0 Å². The first-order valence-electron chi connectivity index (χ1n) is 13.1. The van der Waals surface area contributed by atoms with Crippen molar-refractivity contribution in [3.05, 3.63) is 79.8 Å². The third-order valence-corrected chi connectivity index (χ3v) is 11.3. The van der Waals surface area contributed by atoms with E-state index in [0.29, 0.717) is 11.2 Å². The summed E-state index contributed by atoms with van der Waals surface area (Å²) < 4.78 is 1.74. The van der Waals surface area contributed by atoms with Gasteiger partial charge in [0, 0.05) is 21.7 Å². The van der Waals surface area contributed by atoms with Crippen LogP contribution in [0.25, 0.3) is 0 Å². The molecule has 1 amide bonds. The fourth-order valence-corrected chi connectivity index (χ4v) is 9.78. The number of benzene rings is 2. The van der Waals surface area contributed by atoms with Gasteiger partial charge in [-0.1, -0.05) is 74.1 Å². The molecular weight excluding hydrogens is 484 g/mol. The zero-order valence-corrected chi connectivity index (χ0v) is 23.0. The SMILES string of the molecule is Cc1ccc(NC(=O)Cn2c3c(sc2=O)C(c2ccc(C(C)(C)C)cc2)C2C4CCC(C4)C2S3)cc1. The number of nitrogens with one attached hydrogen (secondary N) is 1. The van der Waals surface area contributed by atoms with Crippen molar-refractivity contribution in [3.63, 3.8) is 0 Å². The number of hydrogen-bond acceptors (Lipinski definition) is 4. The highest BCUT2D eigenvalue weighted by atomic mass is 32.2. The van der Waals surface area contributed by atoms with Crippen LogP contribution in [0.15, 0.2) is 58.4 Å². The van der Waals surface area contributed by atoms with Gasteiger partial charge in [0.05, 0.1) is 5.03 Å². The number of aryl methyl sites for hydroxylation is 1. The van der Waals surface area contributed by atoms with E-state index in [1.165, 1.54) is 46.6 Å². The van der Waals surface area contributed by atoms with Crippen LogP contribution in [0.5, 0.6) is 0 Å². The van der Waals surface area contributed by atoms with Crippen LogP contribution in [0.2, 0.25) is 0 Å². The van der Waals surface area contributed by atoms with Gasteiger partial charge >= 0.3 is 4.87 Å². The zero-order valence-electron chi connectivity index (χ0n) is 21.4. The Bertz CT molecular complexity index is 1350. The molecule has 5 atom stereocenters. The Morgan fingerprint density at radius 1 is 1.03 bits per heavy atom. The second-order valence-electron chi connectivity index (χ2n) is 11.9. The van der Waals surface area contributed by atoms with Gasteiger partial charge in [-0.15, -0.1) is 11.8 Å². The topological polar surface area (TPSA) is 51.1 Å². The molecule has 2 fully saturated rings. The van der Waals surface area contributed by atoms with Crippen molar-refractivity contribution in [1.29, 1.82) is 0 Å². The second-order valence-corrected chi connectivity index (χ2v) is 14.0. The average molecular weight is 519 g/mol. The number of rotatable bonds is 4. The molecule has 2 heterocycles.